The molecule has 6 heteroatoms. The van der Waals surface area contributed by atoms with Gasteiger partial charge in [-0.15, -0.1) is 0 Å². The van der Waals surface area contributed by atoms with Crippen molar-refractivity contribution in [1.29, 1.82) is 0 Å². The van der Waals surface area contributed by atoms with Gasteiger partial charge in [0.05, 0.1) is 0 Å². The van der Waals surface area contributed by atoms with E-state index in [1.807, 2.05) is 4.90 Å². The van der Waals surface area contributed by atoms with Crippen molar-refractivity contribution >= 4 is 29.1 Å². The highest BCUT2D eigenvalue weighted by atomic mass is 35.5. The van der Waals surface area contributed by atoms with Gasteiger partial charge in [0, 0.05) is 29.4 Å². The van der Waals surface area contributed by atoms with E-state index in [0.717, 1.165) is 25.9 Å². The minimum Gasteiger partial charge on any atom is -0.481 e. The molecule has 1 N–H and O–H groups in total. The molecule has 0 aromatic heterocycles. The number of halogens is 1. The lowest BCUT2D eigenvalue weighted by molar-refractivity contribution is -0.122. The van der Waals surface area contributed by atoms with Gasteiger partial charge in [0.1, 0.15) is 5.75 Å². The Hall–Kier alpha value is -2.53. The maximum Gasteiger partial charge on any atom is 0.265 e. The highest BCUT2D eigenvalue weighted by Gasteiger charge is 2.17. The van der Waals surface area contributed by atoms with Gasteiger partial charge in [-0.25, -0.2) is 0 Å². The number of benzene rings is 2. The van der Waals surface area contributed by atoms with Crippen molar-refractivity contribution in [3.8, 4) is 5.75 Å². The van der Waals surface area contributed by atoms with Gasteiger partial charge in [0.25, 0.3) is 11.8 Å². The van der Waals surface area contributed by atoms with E-state index in [-0.39, 0.29) is 11.8 Å². The summed E-state index contributed by atoms with van der Waals surface area (Å²) in [5.74, 6) is 0.313. The highest BCUT2D eigenvalue weighted by Crippen LogP contribution is 2.18. The number of nitrogens with one attached hydrogen (secondary N) is 1. The molecule has 0 aliphatic heterocycles. The van der Waals surface area contributed by atoms with E-state index in [9.17, 15) is 9.59 Å². The van der Waals surface area contributed by atoms with Gasteiger partial charge >= 0.3 is 0 Å². The van der Waals surface area contributed by atoms with Crippen LogP contribution >= 0.6 is 11.6 Å². The van der Waals surface area contributed by atoms with Gasteiger partial charge in [-0.2, -0.15) is 0 Å². The first kappa shape index (κ1) is 21.8. The molecule has 0 heterocycles. The average Bonchev–Trinajstić information content (AvgIpc) is 2.69. The van der Waals surface area contributed by atoms with E-state index in [4.69, 9.17) is 16.3 Å². The molecule has 0 saturated heterocycles. The molecule has 2 aromatic carbocycles. The Morgan fingerprint density at radius 1 is 1.00 bits per heavy atom. The maximum atomic E-state index is 12.6. The smallest absolute Gasteiger partial charge is 0.265 e. The fraction of sp³-hybridized carbons (Fsp3) is 0.364. The second-order valence-corrected chi connectivity index (χ2v) is 7.01. The number of carbonyl (C=O) groups is 2. The van der Waals surface area contributed by atoms with E-state index in [1.165, 1.54) is 0 Å². The Kier molecular flexibility index (Phi) is 8.33. The number of rotatable bonds is 9. The van der Waals surface area contributed by atoms with Crippen molar-refractivity contribution in [1.82, 2.24) is 4.90 Å². The summed E-state index contributed by atoms with van der Waals surface area (Å²) in [5, 5.41) is 3.41. The number of nitrogens with zero attached hydrogens (tertiary/aromatic N) is 1. The predicted octanol–water partition coefficient (Wildman–Crippen LogP) is 5.01. The fourth-order valence-corrected chi connectivity index (χ4v) is 2.87. The quantitative estimate of drug-likeness (QED) is 0.641. The molecule has 2 amide bonds. The fourth-order valence-electron chi connectivity index (χ4n) is 2.75. The van der Waals surface area contributed by atoms with Gasteiger partial charge in [-0.1, -0.05) is 25.4 Å². The van der Waals surface area contributed by atoms with Crippen LogP contribution in [-0.4, -0.2) is 35.9 Å². The summed E-state index contributed by atoms with van der Waals surface area (Å²) in [6, 6.07) is 13.8. The van der Waals surface area contributed by atoms with Gasteiger partial charge in [0.2, 0.25) is 0 Å². The second-order valence-electron chi connectivity index (χ2n) is 6.57. The minimum absolute atomic E-state index is 0.0148. The zero-order valence-electron chi connectivity index (χ0n) is 16.6. The first-order chi connectivity index (χ1) is 13.4. The normalized spacial score (nSPS) is 11.6. The van der Waals surface area contributed by atoms with Crippen LogP contribution in [0.3, 0.4) is 0 Å². The van der Waals surface area contributed by atoms with Crippen LogP contribution in [0.25, 0.3) is 0 Å². The molecule has 2 aromatic rings. The van der Waals surface area contributed by atoms with Crippen molar-refractivity contribution in [2.24, 2.45) is 0 Å². The number of ether oxygens (including phenoxy) is 1. The van der Waals surface area contributed by atoms with E-state index in [0.29, 0.717) is 22.0 Å². The Balaban J connectivity index is 1.96. The van der Waals surface area contributed by atoms with Gasteiger partial charge in [-0.3, -0.25) is 9.59 Å². The molecule has 1 atom stereocenters. The van der Waals surface area contributed by atoms with Crippen LogP contribution in [0.1, 0.15) is 44.0 Å². The third-order valence-corrected chi connectivity index (χ3v) is 4.42. The zero-order chi connectivity index (χ0) is 20.5. The van der Waals surface area contributed by atoms with Crippen LogP contribution in [0, 0.1) is 0 Å². The van der Waals surface area contributed by atoms with Crippen molar-refractivity contribution in [2.75, 3.05) is 18.4 Å². The summed E-state index contributed by atoms with van der Waals surface area (Å²) in [7, 11) is 0. The summed E-state index contributed by atoms with van der Waals surface area (Å²) in [6.45, 7) is 7.27. The van der Waals surface area contributed by atoms with Crippen molar-refractivity contribution in [3.63, 3.8) is 0 Å². The Labute approximate surface area is 171 Å². The third-order valence-electron chi connectivity index (χ3n) is 4.17. The van der Waals surface area contributed by atoms with Crippen LogP contribution in [0.4, 0.5) is 5.69 Å². The molecule has 0 aliphatic rings. The zero-order valence-corrected chi connectivity index (χ0v) is 17.3. The summed E-state index contributed by atoms with van der Waals surface area (Å²) >= 11 is 5.85. The molecule has 0 spiro atoms. The summed E-state index contributed by atoms with van der Waals surface area (Å²) in [4.78, 5) is 26.8. The Morgan fingerprint density at radius 3 is 2.11 bits per heavy atom. The molecule has 0 saturated carbocycles. The molecule has 28 heavy (non-hydrogen) atoms. The lowest BCUT2D eigenvalue weighted by Gasteiger charge is -2.21. The molecule has 0 aliphatic carbocycles. The summed E-state index contributed by atoms with van der Waals surface area (Å²) in [6.07, 6.45) is 1.17. The van der Waals surface area contributed by atoms with Crippen LogP contribution in [0.5, 0.6) is 5.75 Å². The molecule has 1 unspecified atom stereocenters. The Morgan fingerprint density at radius 2 is 1.57 bits per heavy atom. The largest absolute Gasteiger partial charge is 0.481 e. The number of amides is 2. The predicted molar refractivity (Wildman–Crippen MR) is 113 cm³/mol. The molecular formula is C22H27ClN2O3. The first-order valence-corrected chi connectivity index (χ1v) is 9.94. The molecule has 0 bridgehead atoms. The first-order valence-electron chi connectivity index (χ1n) is 9.57. The number of hydrogen-bond acceptors (Lipinski definition) is 3. The third kappa shape index (κ3) is 6.27. The summed E-state index contributed by atoms with van der Waals surface area (Å²) in [5.41, 5.74) is 1.23. The number of anilines is 1. The average molecular weight is 403 g/mol. The van der Waals surface area contributed by atoms with Crippen LogP contribution in [0.2, 0.25) is 5.02 Å². The van der Waals surface area contributed by atoms with Crippen molar-refractivity contribution in [3.05, 3.63) is 59.1 Å². The highest BCUT2D eigenvalue weighted by molar-refractivity contribution is 6.30. The van der Waals surface area contributed by atoms with E-state index < -0.39 is 6.10 Å². The molecule has 2 rings (SSSR count). The summed E-state index contributed by atoms with van der Waals surface area (Å²) < 4.78 is 5.62. The van der Waals surface area contributed by atoms with Gasteiger partial charge < -0.3 is 15.0 Å². The van der Waals surface area contributed by atoms with Crippen LogP contribution < -0.4 is 10.1 Å². The maximum absolute atomic E-state index is 12.6. The van der Waals surface area contributed by atoms with E-state index in [2.05, 4.69) is 19.2 Å². The number of carbonyl (C=O) groups excluding carboxylic acids is 2. The minimum atomic E-state index is -0.674. The van der Waals surface area contributed by atoms with Gasteiger partial charge in [-0.05, 0) is 68.3 Å². The monoisotopic (exact) mass is 402 g/mol. The Bertz CT molecular complexity index is 769. The van der Waals surface area contributed by atoms with Crippen LogP contribution in [-0.2, 0) is 4.79 Å². The SMILES string of the molecule is CCCN(CCC)C(=O)c1ccc(NC(=O)C(C)Oc2ccc(Cl)cc2)cc1. The molecule has 150 valence electrons. The molecule has 0 radical (unpaired) electrons. The van der Waals surface area contributed by atoms with E-state index >= 15 is 0 Å². The standard InChI is InChI=1S/C22H27ClN2O3/c1-4-14-25(15-5-2)22(27)17-6-10-19(11-7-17)24-21(26)16(3)28-20-12-8-18(23)9-13-20/h6-13,16H,4-5,14-15H2,1-3H3,(H,24,26). The van der Waals surface area contributed by atoms with Crippen molar-refractivity contribution in [2.45, 2.75) is 39.7 Å². The van der Waals surface area contributed by atoms with Crippen molar-refractivity contribution < 1.29 is 14.3 Å². The molecular weight excluding hydrogens is 376 g/mol. The van der Waals surface area contributed by atoms with Crippen LogP contribution in [0.15, 0.2) is 48.5 Å². The lowest BCUT2D eigenvalue weighted by atomic mass is 10.1. The molecule has 5 nitrogen and oxygen atoms in total. The van der Waals surface area contributed by atoms with E-state index in [1.54, 1.807) is 55.5 Å². The lowest BCUT2D eigenvalue weighted by Crippen LogP contribution is -2.32. The number of hydrogen-bond donors (Lipinski definition) is 1. The van der Waals surface area contributed by atoms with Gasteiger partial charge in [0.15, 0.2) is 6.10 Å². The topological polar surface area (TPSA) is 58.6 Å². The molecule has 0 fully saturated rings. The second kappa shape index (κ2) is 10.7.